The first kappa shape index (κ1) is 25.7. The molecule has 3 N–H and O–H groups in total. The summed E-state index contributed by atoms with van der Waals surface area (Å²) in [7, 11) is 1.66. The highest BCUT2D eigenvalue weighted by Crippen LogP contribution is 2.53. The molecule has 1 aromatic carbocycles. The average Bonchev–Trinajstić information content (AvgIpc) is 2.91. The maximum absolute atomic E-state index is 10.8. The summed E-state index contributed by atoms with van der Waals surface area (Å²) in [5.74, 6) is 1.70. The molecule has 37 heavy (non-hydrogen) atoms. The van der Waals surface area contributed by atoms with Crippen molar-refractivity contribution >= 4 is 12.2 Å². The SMILES string of the molecule is CO/C(=C1\C2CCCC1C1=C(CCCC1)C2)c1ccc(C#N)c(O[C@@H]2OC(OC=O)[C@@H](O)C(O)[C@@H]2O)c1. The Bertz CT molecular complexity index is 1140. The summed E-state index contributed by atoms with van der Waals surface area (Å²) >= 11 is 0. The molecule has 4 unspecified atom stereocenters. The Labute approximate surface area is 215 Å². The maximum Gasteiger partial charge on any atom is 0.295 e. The van der Waals surface area contributed by atoms with E-state index in [1.807, 2.05) is 6.07 Å². The Morgan fingerprint density at radius 2 is 1.86 bits per heavy atom. The number of nitriles is 1. The third-order valence-corrected chi connectivity index (χ3v) is 8.19. The van der Waals surface area contributed by atoms with Gasteiger partial charge in [-0.3, -0.25) is 9.53 Å². The zero-order valence-electron chi connectivity index (χ0n) is 20.8. The van der Waals surface area contributed by atoms with Gasteiger partial charge in [0.05, 0.1) is 12.7 Å². The van der Waals surface area contributed by atoms with Crippen LogP contribution in [0.4, 0.5) is 0 Å². The van der Waals surface area contributed by atoms with E-state index in [0.717, 1.165) is 37.0 Å². The van der Waals surface area contributed by atoms with Crippen LogP contribution in [-0.2, 0) is 19.0 Å². The molecule has 1 saturated heterocycles. The van der Waals surface area contributed by atoms with Gasteiger partial charge in [0, 0.05) is 11.5 Å². The second-order valence-electron chi connectivity index (χ2n) is 10.2. The number of hydrogen-bond donors (Lipinski definition) is 3. The number of aliphatic hydroxyl groups excluding tert-OH is 3. The highest BCUT2D eigenvalue weighted by molar-refractivity contribution is 5.68. The van der Waals surface area contributed by atoms with Crippen molar-refractivity contribution < 1.29 is 39.1 Å². The normalized spacial score (nSPS) is 34.6. The molecule has 1 heterocycles. The minimum atomic E-state index is -1.69. The molecule has 1 aromatic rings. The molecule has 1 aliphatic heterocycles. The summed E-state index contributed by atoms with van der Waals surface area (Å²) in [5, 5.41) is 40.4. The summed E-state index contributed by atoms with van der Waals surface area (Å²) in [6, 6.07) is 7.19. The highest BCUT2D eigenvalue weighted by atomic mass is 16.8. The van der Waals surface area contributed by atoms with Crippen LogP contribution in [0.3, 0.4) is 0 Å². The van der Waals surface area contributed by atoms with Gasteiger partial charge in [-0.15, -0.1) is 0 Å². The van der Waals surface area contributed by atoms with Gasteiger partial charge in [-0.2, -0.15) is 5.26 Å². The van der Waals surface area contributed by atoms with Gasteiger partial charge in [-0.25, -0.2) is 0 Å². The van der Waals surface area contributed by atoms with Crippen molar-refractivity contribution in [1.82, 2.24) is 0 Å². The van der Waals surface area contributed by atoms with Crippen molar-refractivity contribution in [2.45, 2.75) is 82.3 Å². The molecule has 4 aliphatic rings. The number of hydrogen-bond acceptors (Lipinski definition) is 9. The molecule has 5 rings (SSSR count). The van der Waals surface area contributed by atoms with Crippen molar-refractivity contribution in [3.8, 4) is 11.8 Å². The third-order valence-electron chi connectivity index (χ3n) is 8.19. The van der Waals surface area contributed by atoms with E-state index in [2.05, 4.69) is 10.8 Å². The lowest BCUT2D eigenvalue weighted by atomic mass is 9.62. The molecule has 0 radical (unpaired) electrons. The minimum Gasteiger partial charge on any atom is -0.496 e. The predicted octanol–water partition coefficient (Wildman–Crippen LogP) is 2.92. The second-order valence-corrected chi connectivity index (χ2v) is 10.2. The number of ether oxygens (including phenoxy) is 4. The van der Waals surface area contributed by atoms with Crippen LogP contribution in [0, 0.1) is 23.2 Å². The van der Waals surface area contributed by atoms with Gasteiger partial charge in [0.2, 0.25) is 12.6 Å². The van der Waals surface area contributed by atoms with E-state index in [9.17, 15) is 25.4 Å². The lowest BCUT2D eigenvalue weighted by Gasteiger charge is -2.43. The van der Waals surface area contributed by atoms with Crippen LogP contribution in [0.2, 0.25) is 0 Å². The van der Waals surface area contributed by atoms with Gasteiger partial charge in [0.15, 0.2) is 0 Å². The van der Waals surface area contributed by atoms with Crippen LogP contribution in [0.15, 0.2) is 34.9 Å². The molecular weight excluding hydrogens is 478 g/mol. The number of fused-ring (bicyclic) bond motifs is 3. The van der Waals surface area contributed by atoms with E-state index < -0.39 is 30.9 Å². The molecule has 0 spiro atoms. The smallest absolute Gasteiger partial charge is 0.295 e. The van der Waals surface area contributed by atoms with Crippen LogP contribution in [0.1, 0.15) is 62.5 Å². The average molecular weight is 512 g/mol. The number of nitrogens with zero attached hydrogens (tertiary/aromatic N) is 1. The van der Waals surface area contributed by atoms with Crippen molar-refractivity contribution in [2.24, 2.45) is 11.8 Å². The van der Waals surface area contributed by atoms with Gasteiger partial charge >= 0.3 is 0 Å². The van der Waals surface area contributed by atoms with E-state index in [-0.39, 0.29) is 17.8 Å². The van der Waals surface area contributed by atoms with E-state index in [1.165, 1.54) is 31.3 Å². The number of aliphatic hydroxyl groups is 3. The first-order chi connectivity index (χ1) is 18.0. The van der Waals surface area contributed by atoms with Crippen molar-refractivity contribution in [3.05, 3.63) is 46.0 Å². The van der Waals surface area contributed by atoms with Crippen LogP contribution in [0.5, 0.6) is 5.75 Å². The van der Waals surface area contributed by atoms with Gasteiger partial charge in [0.1, 0.15) is 35.9 Å². The summed E-state index contributed by atoms with van der Waals surface area (Å²) in [5.41, 5.74) is 5.48. The largest absolute Gasteiger partial charge is 0.496 e. The van der Waals surface area contributed by atoms with Gasteiger partial charge < -0.3 is 29.5 Å². The molecule has 7 atom stereocenters. The van der Waals surface area contributed by atoms with Crippen molar-refractivity contribution in [1.29, 1.82) is 5.26 Å². The van der Waals surface area contributed by atoms with Crippen LogP contribution in [-0.4, -0.2) is 59.8 Å². The Morgan fingerprint density at radius 3 is 2.62 bits per heavy atom. The fraction of sp³-hybridized carbons (Fsp3) is 0.571. The molecular formula is C28H33NO8. The summed E-state index contributed by atoms with van der Waals surface area (Å²) < 4.78 is 21.9. The minimum absolute atomic E-state index is 0.0714. The predicted molar refractivity (Wildman–Crippen MR) is 130 cm³/mol. The lowest BCUT2D eigenvalue weighted by molar-refractivity contribution is -0.321. The molecule has 3 aliphatic carbocycles. The van der Waals surface area contributed by atoms with E-state index >= 15 is 0 Å². The number of carbonyl (C=O) groups is 1. The monoisotopic (exact) mass is 511 g/mol. The second kappa shape index (κ2) is 10.8. The number of methoxy groups -OCH3 is 1. The Kier molecular flexibility index (Phi) is 7.54. The summed E-state index contributed by atoms with van der Waals surface area (Å²) in [6.07, 6.45) is 1.32. The van der Waals surface area contributed by atoms with Crippen molar-refractivity contribution in [2.75, 3.05) is 7.11 Å². The first-order valence-corrected chi connectivity index (χ1v) is 13.0. The Hall–Kier alpha value is -2.90. The molecule has 0 amide bonds. The fourth-order valence-corrected chi connectivity index (χ4v) is 6.49. The summed E-state index contributed by atoms with van der Waals surface area (Å²) in [6.45, 7) is 0.0714. The standard InChI is InChI=1S/C28H33NO8/c1-34-26(22-16-6-4-8-20(22)19-7-3-2-5-15(19)11-16)17-9-10-18(13-29)21(12-17)36-28-25(33)23(31)24(32)27(37-28)35-14-30/h9-10,12,14,16,20,23-25,27-28,31-33H,2-8,11H2,1H3/b26-22+/t16?,20?,23?,24-,25-,27?,28+/m0/s1. The van der Waals surface area contributed by atoms with Crippen LogP contribution in [0.25, 0.3) is 5.76 Å². The Balaban J connectivity index is 1.50. The van der Waals surface area contributed by atoms with Crippen LogP contribution < -0.4 is 4.74 Å². The topological polar surface area (TPSA) is 138 Å². The third kappa shape index (κ3) is 4.75. The van der Waals surface area contributed by atoms with E-state index in [0.29, 0.717) is 11.8 Å². The van der Waals surface area contributed by atoms with Gasteiger partial charge in [0.25, 0.3) is 6.47 Å². The Morgan fingerprint density at radius 1 is 1.08 bits per heavy atom. The number of allylic oxidation sites excluding steroid dienone is 3. The molecule has 1 saturated carbocycles. The number of carbonyl (C=O) groups excluding carboxylic acids is 1. The molecule has 2 bridgehead atoms. The molecule has 0 aromatic heterocycles. The van der Waals surface area contributed by atoms with Crippen molar-refractivity contribution in [3.63, 3.8) is 0 Å². The van der Waals surface area contributed by atoms with Gasteiger partial charge in [-0.05, 0) is 74.6 Å². The molecule has 9 heteroatoms. The zero-order valence-corrected chi connectivity index (χ0v) is 20.8. The number of rotatable bonds is 6. The van der Waals surface area contributed by atoms with E-state index in [1.54, 1.807) is 30.4 Å². The fourth-order valence-electron chi connectivity index (χ4n) is 6.49. The lowest BCUT2D eigenvalue weighted by Crippen LogP contribution is -2.59. The zero-order chi connectivity index (χ0) is 26.1. The summed E-state index contributed by atoms with van der Waals surface area (Å²) in [4.78, 5) is 10.8. The number of benzene rings is 1. The quantitative estimate of drug-likeness (QED) is 0.299. The molecule has 9 nitrogen and oxygen atoms in total. The molecule has 198 valence electrons. The highest BCUT2D eigenvalue weighted by Gasteiger charge is 2.46. The maximum atomic E-state index is 10.8. The first-order valence-electron chi connectivity index (χ1n) is 13.0. The van der Waals surface area contributed by atoms with Gasteiger partial charge in [-0.1, -0.05) is 17.6 Å². The molecule has 2 fully saturated rings. The van der Waals surface area contributed by atoms with E-state index in [4.69, 9.17) is 14.2 Å². The van der Waals surface area contributed by atoms with Crippen LogP contribution >= 0.6 is 0 Å².